The molecule has 1 aliphatic carbocycles. The van der Waals surface area contributed by atoms with Crippen LogP contribution >= 0.6 is 0 Å². The second-order valence-electron chi connectivity index (χ2n) is 5.97. The Kier molecular flexibility index (Phi) is 3.84. The number of nitriles is 1. The van der Waals surface area contributed by atoms with E-state index in [1.807, 2.05) is 6.07 Å². The Balaban J connectivity index is 1.86. The van der Waals surface area contributed by atoms with Crippen molar-refractivity contribution in [2.75, 3.05) is 13.7 Å². The first-order chi connectivity index (χ1) is 10.7. The van der Waals surface area contributed by atoms with Gasteiger partial charge in [0.25, 0.3) is 5.91 Å². The van der Waals surface area contributed by atoms with E-state index < -0.39 is 6.04 Å². The van der Waals surface area contributed by atoms with Crippen LogP contribution in [0.4, 0.5) is 0 Å². The van der Waals surface area contributed by atoms with Crippen LogP contribution < -0.4 is 0 Å². The average molecular weight is 298 g/mol. The van der Waals surface area contributed by atoms with Gasteiger partial charge in [-0.1, -0.05) is 6.42 Å². The molecule has 0 radical (unpaired) electrons. The van der Waals surface area contributed by atoms with Gasteiger partial charge < -0.3 is 9.64 Å². The molecule has 1 saturated heterocycles. The summed E-state index contributed by atoms with van der Waals surface area (Å²) in [6.45, 7) is 0.614. The van der Waals surface area contributed by atoms with Gasteiger partial charge in [0.1, 0.15) is 6.04 Å². The lowest BCUT2D eigenvalue weighted by Gasteiger charge is -2.25. The summed E-state index contributed by atoms with van der Waals surface area (Å²) in [6.07, 6.45) is 3.15. The quantitative estimate of drug-likeness (QED) is 0.783. The molecule has 0 spiro atoms. The molecule has 1 aromatic carbocycles. The van der Waals surface area contributed by atoms with E-state index in [2.05, 4.69) is 0 Å². The third kappa shape index (κ3) is 2.35. The van der Waals surface area contributed by atoms with E-state index in [1.165, 1.54) is 7.11 Å². The molecule has 0 aromatic heterocycles. The second kappa shape index (κ2) is 5.80. The number of nitrogens with zero attached hydrogens (tertiary/aromatic N) is 2. The molecule has 3 rings (SSSR count). The number of fused-ring (bicyclic) bond motifs is 1. The van der Waals surface area contributed by atoms with E-state index >= 15 is 0 Å². The third-order valence-electron chi connectivity index (χ3n) is 4.85. The molecule has 22 heavy (non-hydrogen) atoms. The molecule has 2 fully saturated rings. The molecular weight excluding hydrogens is 280 g/mol. The van der Waals surface area contributed by atoms with Gasteiger partial charge >= 0.3 is 5.97 Å². The van der Waals surface area contributed by atoms with Crippen LogP contribution in [0.2, 0.25) is 0 Å². The maximum Gasteiger partial charge on any atom is 0.328 e. The maximum absolute atomic E-state index is 12.7. The Hall–Kier alpha value is -2.35. The Morgan fingerprint density at radius 3 is 2.64 bits per heavy atom. The van der Waals surface area contributed by atoms with E-state index in [0.717, 1.165) is 19.3 Å². The number of likely N-dealkylation sites (tertiary alicyclic amines) is 1. The Morgan fingerprint density at radius 2 is 2.00 bits per heavy atom. The molecule has 5 nitrogen and oxygen atoms in total. The number of ether oxygens (including phenoxy) is 1. The van der Waals surface area contributed by atoms with Gasteiger partial charge in [0.15, 0.2) is 0 Å². The number of amides is 1. The molecule has 0 N–H and O–H groups in total. The van der Waals surface area contributed by atoms with Gasteiger partial charge in [0.2, 0.25) is 0 Å². The zero-order valence-corrected chi connectivity index (χ0v) is 12.5. The van der Waals surface area contributed by atoms with Crippen LogP contribution in [-0.4, -0.2) is 36.5 Å². The van der Waals surface area contributed by atoms with Crippen molar-refractivity contribution in [3.63, 3.8) is 0 Å². The van der Waals surface area contributed by atoms with Gasteiger partial charge in [0, 0.05) is 12.1 Å². The molecule has 3 atom stereocenters. The monoisotopic (exact) mass is 298 g/mol. The predicted octanol–water partition coefficient (Wildman–Crippen LogP) is 1.97. The van der Waals surface area contributed by atoms with Crippen molar-refractivity contribution in [2.24, 2.45) is 11.8 Å². The zero-order chi connectivity index (χ0) is 15.7. The summed E-state index contributed by atoms with van der Waals surface area (Å²) in [4.78, 5) is 26.5. The maximum atomic E-state index is 12.7. The smallest absolute Gasteiger partial charge is 0.328 e. The molecule has 1 aromatic rings. The summed E-state index contributed by atoms with van der Waals surface area (Å²) in [7, 11) is 1.37. The van der Waals surface area contributed by atoms with Gasteiger partial charge in [0.05, 0.1) is 18.7 Å². The molecule has 0 bridgehead atoms. The topological polar surface area (TPSA) is 70.4 Å². The summed E-state index contributed by atoms with van der Waals surface area (Å²) in [5.74, 6) is 0.131. The fourth-order valence-electron chi connectivity index (χ4n) is 3.79. The number of rotatable bonds is 2. The number of carbonyl (C=O) groups excluding carboxylic acids is 2. The van der Waals surface area contributed by atoms with Crippen LogP contribution in [-0.2, 0) is 9.53 Å². The van der Waals surface area contributed by atoms with Gasteiger partial charge in [-0.05, 0) is 48.9 Å². The fraction of sp³-hybridized carbons (Fsp3) is 0.471. The van der Waals surface area contributed by atoms with Gasteiger partial charge in [-0.25, -0.2) is 4.79 Å². The van der Waals surface area contributed by atoms with Crippen molar-refractivity contribution in [3.8, 4) is 6.07 Å². The first kappa shape index (κ1) is 14.6. The Bertz CT molecular complexity index is 632. The van der Waals surface area contributed by atoms with E-state index in [1.54, 1.807) is 29.2 Å². The highest BCUT2D eigenvalue weighted by atomic mass is 16.5. The number of hydrogen-bond acceptors (Lipinski definition) is 4. The SMILES string of the molecule is COC(=O)[C@@H]1[C@@H]2CCC[C@H]2CN1C(=O)c1ccc(C#N)cc1. The first-order valence-electron chi connectivity index (χ1n) is 7.54. The van der Waals surface area contributed by atoms with Crippen molar-refractivity contribution in [1.29, 1.82) is 5.26 Å². The molecule has 1 saturated carbocycles. The first-order valence-corrected chi connectivity index (χ1v) is 7.54. The minimum Gasteiger partial charge on any atom is -0.467 e. The van der Waals surface area contributed by atoms with E-state index in [-0.39, 0.29) is 17.8 Å². The van der Waals surface area contributed by atoms with E-state index in [4.69, 9.17) is 10.00 Å². The van der Waals surface area contributed by atoms with Crippen molar-refractivity contribution >= 4 is 11.9 Å². The van der Waals surface area contributed by atoms with Gasteiger partial charge in [-0.2, -0.15) is 5.26 Å². The molecule has 2 aliphatic rings. The predicted molar refractivity (Wildman–Crippen MR) is 78.8 cm³/mol. The largest absolute Gasteiger partial charge is 0.467 e. The second-order valence-corrected chi connectivity index (χ2v) is 5.97. The molecule has 1 heterocycles. The molecular formula is C17H18N2O3. The summed E-state index contributed by atoms with van der Waals surface area (Å²) in [5.41, 5.74) is 1.02. The van der Waals surface area contributed by atoms with Gasteiger partial charge in [-0.3, -0.25) is 4.79 Å². The summed E-state index contributed by atoms with van der Waals surface area (Å²) in [5, 5.41) is 8.83. The van der Waals surface area contributed by atoms with Crippen LogP contribution in [0.5, 0.6) is 0 Å². The van der Waals surface area contributed by atoms with Crippen LogP contribution in [0.15, 0.2) is 24.3 Å². The van der Waals surface area contributed by atoms with Crippen molar-refractivity contribution in [3.05, 3.63) is 35.4 Å². The third-order valence-corrected chi connectivity index (χ3v) is 4.85. The Morgan fingerprint density at radius 1 is 1.27 bits per heavy atom. The van der Waals surface area contributed by atoms with E-state index in [0.29, 0.717) is 23.6 Å². The van der Waals surface area contributed by atoms with Crippen LogP contribution in [0.1, 0.15) is 35.2 Å². The standard InChI is InChI=1S/C17H18N2O3/c1-22-17(21)15-14-4-2-3-13(14)10-19(15)16(20)12-7-5-11(9-18)6-8-12/h5-8,13-15H,2-4,10H2,1H3/t13-,14+,15-/m0/s1. The van der Waals surface area contributed by atoms with Crippen LogP contribution in [0.25, 0.3) is 0 Å². The number of methoxy groups -OCH3 is 1. The minimum absolute atomic E-state index is 0.158. The highest BCUT2D eigenvalue weighted by molar-refractivity contribution is 5.97. The van der Waals surface area contributed by atoms with E-state index in [9.17, 15) is 9.59 Å². The van der Waals surface area contributed by atoms with Crippen LogP contribution in [0, 0.1) is 23.2 Å². The van der Waals surface area contributed by atoms with Crippen LogP contribution in [0.3, 0.4) is 0 Å². The number of hydrogen-bond donors (Lipinski definition) is 0. The highest BCUT2D eigenvalue weighted by Gasteiger charge is 2.50. The fourth-order valence-corrected chi connectivity index (χ4v) is 3.79. The molecule has 114 valence electrons. The number of benzene rings is 1. The highest BCUT2D eigenvalue weighted by Crippen LogP contribution is 2.43. The number of esters is 1. The Labute approximate surface area is 129 Å². The minimum atomic E-state index is -0.472. The van der Waals surface area contributed by atoms with Gasteiger partial charge in [-0.15, -0.1) is 0 Å². The van der Waals surface area contributed by atoms with Crippen molar-refractivity contribution in [1.82, 2.24) is 4.90 Å². The summed E-state index contributed by atoms with van der Waals surface area (Å²) in [6, 6.07) is 8.09. The summed E-state index contributed by atoms with van der Waals surface area (Å²) < 4.78 is 4.92. The molecule has 0 unspecified atom stereocenters. The molecule has 1 aliphatic heterocycles. The lowest BCUT2D eigenvalue weighted by molar-refractivity contribution is -0.146. The lowest BCUT2D eigenvalue weighted by Crippen LogP contribution is -2.43. The average Bonchev–Trinajstić information content (AvgIpc) is 3.14. The normalized spacial score (nSPS) is 26.4. The molecule has 1 amide bonds. The van der Waals surface area contributed by atoms with Crippen molar-refractivity contribution in [2.45, 2.75) is 25.3 Å². The summed E-state index contributed by atoms with van der Waals surface area (Å²) >= 11 is 0. The molecule has 5 heteroatoms. The van der Waals surface area contributed by atoms with Crippen molar-refractivity contribution < 1.29 is 14.3 Å². The number of carbonyl (C=O) groups is 2. The lowest BCUT2D eigenvalue weighted by atomic mass is 9.94. The zero-order valence-electron chi connectivity index (χ0n) is 12.5.